The van der Waals surface area contributed by atoms with Crippen LogP contribution in [0.1, 0.15) is 33.7 Å². The maximum absolute atomic E-state index is 12.7. The number of amides is 1. The van der Waals surface area contributed by atoms with E-state index in [4.69, 9.17) is 5.11 Å². The first-order chi connectivity index (χ1) is 13.5. The average Bonchev–Trinajstić information content (AvgIpc) is 3.27. The summed E-state index contributed by atoms with van der Waals surface area (Å²) in [6.07, 6.45) is 2.50. The molecule has 28 heavy (non-hydrogen) atoms. The molecule has 1 amide bonds. The molecule has 0 fully saturated rings. The Morgan fingerprint density at radius 2 is 1.86 bits per heavy atom. The lowest BCUT2D eigenvalue weighted by Gasteiger charge is -2.08. The van der Waals surface area contributed by atoms with E-state index < -0.39 is 0 Å². The van der Waals surface area contributed by atoms with Gasteiger partial charge >= 0.3 is 0 Å². The highest BCUT2D eigenvalue weighted by molar-refractivity contribution is 6.08. The van der Waals surface area contributed by atoms with Gasteiger partial charge in [-0.2, -0.15) is 5.10 Å². The highest BCUT2D eigenvalue weighted by Gasteiger charge is 2.16. The van der Waals surface area contributed by atoms with Crippen LogP contribution in [0.5, 0.6) is 0 Å². The zero-order valence-electron chi connectivity index (χ0n) is 16.1. The van der Waals surface area contributed by atoms with Crippen molar-refractivity contribution in [1.82, 2.24) is 14.3 Å². The van der Waals surface area contributed by atoms with Crippen LogP contribution in [0, 0.1) is 6.92 Å². The van der Waals surface area contributed by atoms with Crippen LogP contribution >= 0.6 is 0 Å². The van der Waals surface area contributed by atoms with Gasteiger partial charge < -0.3 is 15.0 Å². The third-order valence-electron chi connectivity index (χ3n) is 4.57. The fourth-order valence-electron chi connectivity index (χ4n) is 2.95. The Morgan fingerprint density at radius 3 is 2.57 bits per heavy atom. The molecule has 0 saturated heterocycles. The van der Waals surface area contributed by atoms with Crippen molar-refractivity contribution < 1.29 is 14.7 Å². The zero-order valence-corrected chi connectivity index (χ0v) is 16.1. The number of benzene rings is 1. The largest absolute Gasteiger partial charge is 0.396 e. The number of ketones is 1. The van der Waals surface area contributed by atoms with Gasteiger partial charge in [0, 0.05) is 43.7 Å². The number of nitrogens with zero attached hydrogens (tertiary/aromatic N) is 3. The minimum atomic E-state index is -0.206. The number of nitrogens with one attached hydrogen (secondary N) is 1. The number of carbonyl (C=O) groups excluding carboxylic acids is 2. The highest BCUT2D eigenvalue weighted by Crippen LogP contribution is 2.15. The fourth-order valence-corrected chi connectivity index (χ4v) is 2.95. The average molecular weight is 380 g/mol. The van der Waals surface area contributed by atoms with Crippen molar-refractivity contribution in [2.24, 2.45) is 7.05 Å². The van der Waals surface area contributed by atoms with E-state index in [1.54, 1.807) is 40.7 Å². The molecular weight excluding hydrogens is 356 g/mol. The Bertz CT molecular complexity index is 970. The molecule has 0 unspecified atom stereocenters. The highest BCUT2D eigenvalue weighted by atomic mass is 16.3. The molecule has 2 heterocycles. The summed E-state index contributed by atoms with van der Waals surface area (Å²) in [4.78, 5) is 25.1. The first-order valence-electron chi connectivity index (χ1n) is 9.18. The summed E-state index contributed by atoms with van der Waals surface area (Å²) in [5.41, 5.74) is 3.00. The van der Waals surface area contributed by atoms with Crippen LogP contribution in [0.3, 0.4) is 0 Å². The van der Waals surface area contributed by atoms with Crippen molar-refractivity contribution in [1.29, 1.82) is 0 Å². The number of hydrogen-bond donors (Lipinski definition) is 2. The predicted octanol–water partition coefficient (Wildman–Crippen LogP) is 2.32. The summed E-state index contributed by atoms with van der Waals surface area (Å²) in [5.74, 6) is 0.188. The van der Waals surface area contributed by atoms with Crippen LogP contribution in [0.4, 0.5) is 5.82 Å². The molecule has 146 valence electrons. The van der Waals surface area contributed by atoms with Crippen LogP contribution in [0.2, 0.25) is 0 Å². The minimum Gasteiger partial charge on any atom is -0.396 e. The maximum Gasteiger partial charge on any atom is 0.231 e. The molecular formula is C21H24N4O3. The van der Waals surface area contributed by atoms with Gasteiger partial charge in [0.25, 0.3) is 0 Å². The molecule has 0 spiro atoms. The van der Waals surface area contributed by atoms with E-state index in [0.29, 0.717) is 30.0 Å². The Labute approximate surface area is 163 Å². The predicted molar refractivity (Wildman–Crippen MR) is 106 cm³/mol. The van der Waals surface area contributed by atoms with Crippen molar-refractivity contribution in [3.63, 3.8) is 0 Å². The molecule has 3 aromatic rings. The van der Waals surface area contributed by atoms with E-state index >= 15 is 0 Å². The molecule has 0 aliphatic rings. The SMILES string of the molecule is Cc1ccc(C(=O)c2ccc(CC(=O)Nc3ccn(CCCO)n3)n2C)cc1. The van der Waals surface area contributed by atoms with E-state index in [2.05, 4.69) is 10.4 Å². The fraction of sp³-hybridized carbons (Fsp3) is 0.286. The Hall–Kier alpha value is -3.19. The lowest BCUT2D eigenvalue weighted by Crippen LogP contribution is -2.18. The van der Waals surface area contributed by atoms with E-state index in [-0.39, 0.29) is 24.7 Å². The molecule has 7 heteroatoms. The normalized spacial score (nSPS) is 10.8. The molecule has 0 aliphatic carbocycles. The molecule has 3 rings (SSSR count). The molecule has 0 radical (unpaired) electrons. The molecule has 0 bridgehead atoms. The molecule has 0 atom stereocenters. The number of aliphatic hydroxyl groups excluding tert-OH is 1. The van der Waals surface area contributed by atoms with E-state index in [0.717, 1.165) is 11.3 Å². The summed E-state index contributed by atoms with van der Waals surface area (Å²) in [6.45, 7) is 2.66. The van der Waals surface area contributed by atoms with E-state index in [1.165, 1.54) is 0 Å². The molecule has 1 aromatic carbocycles. The van der Waals surface area contributed by atoms with Gasteiger partial charge in [-0.15, -0.1) is 0 Å². The third-order valence-corrected chi connectivity index (χ3v) is 4.57. The number of aryl methyl sites for hydroxylation is 2. The third kappa shape index (κ3) is 4.55. The summed E-state index contributed by atoms with van der Waals surface area (Å²) in [6, 6.07) is 12.7. The van der Waals surface area contributed by atoms with Gasteiger partial charge in [-0.1, -0.05) is 29.8 Å². The number of carbonyl (C=O) groups is 2. The van der Waals surface area contributed by atoms with Gasteiger partial charge in [-0.05, 0) is 25.5 Å². The second-order valence-corrected chi connectivity index (χ2v) is 6.73. The summed E-state index contributed by atoms with van der Waals surface area (Å²) < 4.78 is 3.42. The molecule has 7 nitrogen and oxygen atoms in total. The van der Waals surface area contributed by atoms with Gasteiger partial charge in [-0.3, -0.25) is 14.3 Å². The minimum absolute atomic E-state index is 0.0724. The molecule has 0 aliphatic heterocycles. The standard InChI is InChI=1S/C21H24N4O3/c1-15-4-6-16(7-5-15)21(28)18-9-8-17(24(18)2)14-20(27)22-19-10-12-25(23-19)11-3-13-26/h4-10,12,26H,3,11,13-14H2,1-2H3,(H,22,23,27). The smallest absolute Gasteiger partial charge is 0.231 e. The first kappa shape index (κ1) is 19.6. The van der Waals surface area contributed by atoms with Crippen molar-refractivity contribution >= 4 is 17.5 Å². The van der Waals surface area contributed by atoms with Crippen LogP contribution in [-0.2, 0) is 24.8 Å². The Balaban J connectivity index is 1.65. The number of hydrogen-bond acceptors (Lipinski definition) is 4. The van der Waals surface area contributed by atoms with Crippen LogP contribution in [0.25, 0.3) is 0 Å². The zero-order chi connectivity index (χ0) is 20.1. The maximum atomic E-state index is 12.7. The summed E-state index contributed by atoms with van der Waals surface area (Å²) >= 11 is 0. The quantitative estimate of drug-likeness (QED) is 0.587. The second kappa shape index (κ2) is 8.67. The van der Waals surface area contributed by atoms with Crippen molar-refractivity contribution in [2.75, 3.05) is 11.9 Å². The van der Waals surface area contributed by atoms with E-state index in [9.17, 15) is 9.59 Å². The number of aromatic nitrogens is 3. The summed E-state index contributed by atoms with van der Waals surface area (Å²) in [7, 11) is 1.79. The lowest BCUT2D eigenvalue weighted by atomic mass is 10.1. The Kier molecular flexibility index (Phi) is 6.06. The van der Waals surface area contributed by atoms with E-state index in [1.807, 2.05) is 31.2 Å². The van der Waals surface area contributed by atoms with Gasteiger partial charge in [0.2, 0.25) is 11.7 Å². The first-order valence-corrected chi connectivity index (χ1v) is 9.18. The number of aliphatic hydroxyl groups is 1. The van der Waals surface area contributed by atoms with Crippen LogP contribution < -0.4 is 5.32 Å². The van der Waals surface area contributed by atoms with Gasteiger partial charge in [0.15, 0.2) is 5.82 Å². The van der Waals surface area contributed by atoms with Gasteiger partial charge in [-0.25, -0.2) is 0 Å². The van der Waals surface area contributed by atoms with Gasteiger partial charge in [0.1, 0.15) is 0 Å². The molecule has 2 aromatic heterocycles. The molecule has 0 saturated carbocycles. The van der Waals surface area contributed by atoms with Crippen LogP contribution in [0.15, 0.2) is 48.7 Å². The van der Waals surface area contributed by atoms with Gasteiger partial charge in [0.05, 0.1) is 12.1 Å². The van der Waals surface area contributed by atoms with Crippen molar-refractivity contribution in [3.8, 4) is 0 Å². The second-order valence-electron chi connectivity index (χ2n) is 6.73. The monoisotopic (exact) mass is 380 g/mol. The van der Waals surface area contributed by atoms with Crippen molar-refractivity contribution in [2.45, 2.75) is 26.3 Å². The number of anilines is 1. The lowest BCUT2D eigenvalue weighted by molar-refractivity contribution is -0.115. The van der Waals surface area contributed by atoms with Crippen molar-refractivity contribution in [3.05, 3.63) is 71.2 Å². The van der Waals surface area contributed by atoms with Crippen LogP contribution in [-0.4, -0.2) is 37.8 Å². The number of rotatable bonds is 8. The topological polar surface area (TPSA) is 89.2 Å². The summed E-state index contributed by atoms with van der Waals surface area (Å²) in [5, 5.41) is 15.9. The molecule has 2 N–H and O–H groups in total. The Morgan fingerprint density at radius 1 is 1.11 bits per heavy atom.